The van der Waals surface area contributed by atoms with E-state index in [2.05, 4.69) is 19.2 Å². The summed E-state index contributed by atoms with van der Waals surface area (Å²) in [6.45, 7) is 7.62. The molecule has 1 fully saturated rings. The molecule has 78 valence electrons. The summed E-state index contributed by atoms with van der Waals surface area (Å²) in [6, 6.07) is 0. The molecule has 0 aromatic carbocycles. The molecule has 1 N–H and O–H groups in total. The van der Waals surface area contributed by atoms with Gasteiger partial charge in [-0.05, 0) is 25.8 Å². The van der Waals surface area contributed by atoms with E-state index >= 15 is 0 Å². The van der Waals surface area contributed by atoms with Crippen LogP contribution in [0, 0.1) is 11.3 Å². The predicted octanol–water partition coefficient (Wildman–Crippen LogP) is 2.05. The number of nitrogens with one attached hydrogen (secondary N) is 1. The molecular weight excluding hydrogens is 162 g/mol. The molecule has 0 aromatic heterocycles. The Labute approximate surface area is 82.0 Å². The van der Waals surface area contributed by atoms with Gasteiger partial charge in [0.05, 0.1) is 6.61 Å². The second-order valence-corrected chi connectivity index (χ2v) is 4.77. The molecule has 1 aliphatic rings. The summed E-state index contributed by atoms with van der Waals surface area (Å²) in [4.78, 5) is 0. The van der Waals surface area contributed by atoms with Gasteiger partial charge in [-0.15, -0.1) is 0 Å². The maximum absolute atomic E-state index is 5.51. The monoisotopic (exact) mass is 185 g/mol. The van der Waals surface area contributed by atoms with Gasteiger partial charge in [0, 0.05) is 18.6 Å². The Kier molecular flexibility index (Phi) is 4.20. The molecule has 0 amide bonds. The number of hydrogen-bond donors (Lipinski definition) is 1. The molecule has 0 radical (unpaired) electrons. The SMILES string of the molecule is CNCC1(CCC(C)C)CCOC1. The summed E-state index contributed by atoms with van der Waals surface area (Å²) < 4.78 is 5.51. The highest BCUT2D eigenvalue weighted by molar-refractivity contribution is 4.85. The van der Waals surface area contributed by atoms with E-state index in [1.165, 1.54) is 19.3 Å². The zero-order valence-corrected chi connectivity index (χ0v) is 9.23. The van der Waals surface area contributed by atoms with Crippen LogP contribution in [0.1, 0.15) is 33.1 Å². The molecule has 1 heterocycles. The minimum Gasteiger partial charge on any atom is -0.381 e. The van der Waals surface area contributed by atoms with Crippen LogP contribution in [-0.2, 0) is 4.74 Å². The molecule has 0 saturated carbocycles. The maximum atomic E-state index is 5.51. The first-order chi connectivity index (χ1) is 6.18. The average Bonchev–Trinajstić information content (AvgIpc) is 2.51. The highest BCUT2D eigenvalue weighted by atomic mass is 16.5. The first kappa shape index (κ1) is 11.0. The number of ether oxygens (including phenoxy) is 1. The lowest BCUT2D eigenvalue weighted by atomic mass is 9.81. The maximum Gasteiger partial charge on any atom is 0.0535 e. The first-order valence-electron chi connectivity index (χ1n) is 5.41. The highest BCUT2D eigenvalue weighted by Crippen LogP contribution is 2.34. The molecule has 0 aromatic rings. The smallest absolute Gasteiger partial charge is 0.0535 e. The molecule has 1 unspecified atom stereocenters. The van der Waals surface area contributed by atoms with Gasteiger partial charge in [-0.3, -0.25) is 0 Å². The van der Waals surface area contributed by atoms with E-state index in [4.69, 9.17) is 4.74 Å². The topological polar surface area (TPSA) is 21.3 Å². The van der Waals surface area contributed by atoms with E-state index in [0.717, 1.165) is 25.7 Å². The van der Waals surface area contributed by atoms with Crippen LogP contribution in [0.4, 0.5) is 0 Å². The van der Waals surface area contributed by atoms with Crippen LogP contribution >= 0.6 is 0 Å². The normalized spacial score (nSPS) is 28.6. The van der Waals surface area contributed by atoms with Gasteiger partial charge < -0.3 is 10.1 Å². The lowest BCUT2D eigenvalue weighted by Crippen LogP contribution is -2.33. The third-order valence-electron chi connectivity index (χ3n) is 2.99. The van der Waals surface area contributed by atoms with E-state index in [0.29, 0.717) is 5.41 Å². The van der Waals surface area contributed by atoms with Gasteiger partial charge in [0.25, 0.3) is 0 Å². The summed E-state index contributed by atoms with van der Waals surface area (Å²) >= 11 is 0. The van der Waals surface area contributed by atoms with Crippen molar-refractivity contribution >= 4 is 0 Å². The van der Waals surface area contributed by atoms with Gasteiger partial charge in [-0.2, -0.15) is 0 Å². The molecule has 2 heteroatoms. The molecule has 1 atom stereocenters. The van der Waals surface area contributed by atoms with E-state index in [9.17, 15) is 0 Å². The van der Waals surface area contributed by atoms with Crippen molar-refractivity contribution in [1.82, 2.24) is 5.32 Å². The fraction of sp³-hybridized carbons (Fsp3) is 1.00. The Morgan fingerprint density at radius 3 is 2.69 bits per heavy atom. The molecule has 1 saturated heterocycles. The van der Waals surface area contributed by atoms with Crippen LogP contribution in [-0.4, -0.2) is 26.8 Å². The molecular formula is C11H23NO. The van der Waals surface area contributed by atoms with E-state index in [1.807, 2.05) is 7.05 Å². The van der Waals surface area contributed by atoms with Crippen LogP contribution in [0.15, 0.2) is 0 Å². The van der Waals surface area contributed by atoms with Gasteiger partial charge in [0.1, 0.15) is 0 Å². The summed E-state index contributed by atoms with van der Waals surface area (Å²) in [5, 5.41) is 3.29. The Bertz CT molecular complexity index is 139. The van der Waals surface area contributed by atoms with Crippen molar-refractivity contribution in [3.05, 3.63) is 0 Å². The molecule has 13 heavy (non-hydrogen) atoms. The van der Waals surface area contributed by atoms with Gasteiger partial charge in [-0.25, -0.2) is 0 Å². The van der Waals surface area contributed by atoms with Gasteiger partial charge in [-0.1, -0.05) is 20.3 Å². The number of rotatable bonds is 5. The van der Waals surface area contributed by atoms with Crippen LogP contribution in [0.5, 0.6) is 0 Å². The lowest BCUT2D eigenvalue weighted by molar-refractivity contribution is 0.141. The van der Waals surface area contributed by atoms with Crippen LogP contribution in [0.25, 0.3) is 0 Å². The number of hydrogen-bond acceptors (Lipinski definition) is 2. The molecule has 1 aliphatic heterocycles. The predicted molar refractivity (Wildman–Crippen MR) is 55.9 cm³/mol. The third kappa shape index (κ3) is 3.28. The second kappa shape index (κ2) is 4.97. The van der Waals surface area contributed by atoms with Crippen LogP contribution in [0.2, 0.25) is 0 Å². The molecule has 1 rings (SSSR count). The van der Waals surface area contributed by atoms with Crippen molar-refractivity contribution in [1.29, 1.82) is 0 Å². The van der Waals surface area contributed by atoms with Crippen molar-refractivity contribution in [3.63, 3.8) is 0 Å². The fourth-order valence-corrected chi connectivity index (χ4v) is 2.04. The first-order valence-corrected chi connectivity index (χ1v) is 5.41. The molecule has 0 bridgehead atoms. The van der Waals surface area contributed by atoms with Crippen molar-refractivity contribution in [2.75, 3.05) is 26.8 Å². The summed E-state index contributed by atoms with van der Waals surface area (Å²) in [6.07, 6.45) is 3.87. The van der Waals surface area contributed by atoms with Gasteiger partial charge >= 0.3 is 0 Å². The van der Waals surface area contributed by atoms with Crippen LogP contribution < -0.4 is 5.32 Å². The van der Waals surface area contributed by atoms with Crippen molar-refractivity contribution in [2.24, 2.45) is 11.3 Å². The molecule has 2 nitrogen and oxygen atoms in total. The van der Waals surface area contributed by atoms with Crippen molar-refractivity contribution < 1.29 is 4.74 Å². The highest BCUT2D eigenvalue weighted by Gasteiger charge is 2.33. The zero-order chi connectivity index (χ0) is 9.73. The summed E-state index contributed by atoms with van der Waals surface area (Å²) in [5.74, 6) is 0.814. The quantitative estimate of drug-likeness (QED) is 0.708. The summed E-state index contributed by atoms with van der Waals surface area (Å²) in [5.41, 5.74) is 0.443. The second-order valence-electron chi connectivity index (χ2n) is 4.77. The Hall–Kier alpha value is -0.0800. The third-order valence-corrected chi connectivity index (χ3v) is 2.99. The van der Waals surface area contributed by atoms with Crippen LogP contribution in [0.3, 0.4) is 0 Å². The van der Waals surface area contributed by atoms with Crippen molar-refractivity contribution in [3.8, 4) is 0 Å². The van der Waals surface area contributed by atoms with E-state index in [-0.39, 0.29) is 0 Å². The Morgan fingerprint density at radius 2 is 2.23 bits per heavy atom. The van der Waals surface area contributed by atoms with Crippen molar-refractivity contribution in [2.45, 2.75) is 33.1 Å². The average molecular weight is 185 g/mol. The largest absolute Gasteiger partial charge is 0.381 e. The zero-order valence-electron chi connectivity index (χ0n) is 9.23. The van der Waals surface area contributed by atoms with Gasteiger partial charge in [0.15, 0.2) is 0 Å². The fourth-order valence-electron chi connectivity index (χ4n) is 2.04. The minimum atomic E-state index is 0.443. The molecule has 0 aliphatic carbocycles. The Balaban J connectivity index is 2.37. The van der Waals surface area contributed by atoms with Gasteiger partial charge in [0.2, 0.25) is 0 Å². The standard InChI is InChI=1S/C11H23NO/c1-10(2)4-5-11(8-12-3)6-7-13-9-11/h10,12H,4-9H2,1-3H3. The van der Waals surface area contributed by atoms with E-state index in [1.54, 1.807) is 0 Å². The van der Waals surface area contributed by atoms with E-state index < -0.39 is 0 Å². The lowest BCUT2D eigenvalue weighted by Gasteiger charge is -2.27. The Morgan fingerprint density at radius 1 is 1.46 bits per heavy atom. The minimum absolute atomic E-state index is 0.443. The summed E-state index contributed by atoms with van der Waals surface area (Å²) in [7, 11) is 2.04. The molecule has 0 spiro atoms.